The summed E-state index contributed by atoms with van der Waals surface area (Å²) < 4.78 is 11.1. The fourth-order valence-electron chi connectivity index (χ4n) is 2.28. The van der Waals surface area contributed by atoms with Crippen molar-refractivity contribution in [3.05, 3.63) is 0 Å². The number of ether oxygens (including phenoxy) is 2. The summed E-state index contributed by atoms with van der Waals surface area (Å²) in [5.74, 6) is 0.842. The lowest BCUT2D eigenvalue weighted by atomic mass is 9.76. The Morgan fingerprint density at radius 1 is 1.14 bits per heavy atom. The SMILES string of the molecule is OCCOCCOC1(C2CC2)CCC1. The molecule has 0 aromatic carbocycles. The Hall–Kier alpha value is -0.120. The number of aliphatic hydroxyl groups is 1. The van der Waals surface area contributed by atoms with E-state index in [1.165, 1.54) is 32.1 Å². The number of rotatable bonds is 7. The number of aliphatic hydroxyl groups excluding tert-OH is 1. The highest BCUT2D eigenvalue weighted by molar-refractivity contribution is 5.01. The van der Waals surface area contributed by atoms with Crippen molar-refractivity contribution in [1.29, 1.82) is 0 Å². The van der Waals surface area contributed by atoms with E-state index in [1.807, 2.05) is 0 Å². The molecule has 0 radical (unpaired) electrons. The summed E-state index contributed by atoms with van der Waals surface area (Å²) in [4.78, 5) is 0. The van der Waals surface area contributed by atoms with Gasteiger partial charge in [0, 0.05) is 0 Å². The first-order chi connectivity index (χ1) is 6.87. The van der Waals surface area contributed by atoms with Crippen LogP contribution in [0.5, 0.6) is 0 Å². The van der Waals surface area contributed by atoms with E-state index in [9.17, 15) is 0 Å². The first kappa shape index (κ1) is 10.4. The average molecular weight is 200 g/mol. The predicted molar refractivity (Wildman–Crippen MR) is 53.2 cm³/mol. The molecule has 0 amide bonds. The molecule has 0 aromatic rings. The monoisotopic (exact) mass is 200 g/mol. The summed E-state index contributed by atoms with van der Waals surface area (Å²) in [5, 5.41) is 8.52. The van der Waals surface area contributed by atoms with Crippen molar-refractivity contribution in [1.82, 2.24) is 0 Å². The summed E-state index contributed by atoms with van der Waals surface area (Å²) in [7, 11) is 0. The quantitative estimate of drug-likeness (QED) is 0.630. The maximum absolute atomic E-state index is 8.52. The average Bonchev–Trinajstić information content (AvgIpc) is 2.92. The van der Waals surface area contributed by atoms with Gasteiger partial charge >= 0.3 is 0 Å². The summed E-state index contributed by atoms with van der Waals surface area (Å²) in [6.45, 7) is 1.85. The molecular weight excluding hydrogens is 180 g/mol. The van der Waals surface area contributed by atoms with E-state index in [-0.39, 0.29) is 12.2 Å². The zero-order chi connectivity index (χ0) is 9.86. The van der Waals surface area contributed by atoms with Crippen LogP contribution in [0.1, 0.15) is 32.1 Å². The van der Waals surface area contributed by atoms with Gasteiger partial charge in [-0.3, -0.25) is 0 Å². The summed E-state index contributed by atoms with van der Waals surface area (Å²) in [5.41, 5.74) is 0.239. The lowest BCUT2D eigenvalue weighted by Crippen LogP contribution is -2.43. The molecule has 0 spiro atoms. The van der Waals surface area contributed by atoms with Gasteiger partial charge in [-0.15, -0.1) is 0 Å². The van der Waals surface area contributed by atoms with E-state index >= 15 is 0 Å². The molecule has 0 heterocycles. The number of hydrogen-bond acceptors (Lipinski definition) is 3. The molecule has 1 N–H and O–H groups in total. The third-order valence-corrected chi connectivity index (χ3v) is 3.37. The van der Waals surface area contributed by atoms with Gasteiger partial charge in [-0.05, 0) is 38.0 Å². The van der Waals surface area contributed by atoms with Crippen LogP contribution in [0.15, 0.2) is 0 Å². The van der Waals surface area contributed by atoms with Gasteiger partial charge in [-0.1, -0.05) is 0 Å². The van der Waals surface area contributed by atoms with Gasteiger partial charge in [0.2, 0.25) is 0 Å². The molecule has 0 unspecified atom stereocenters. The predicted octanol–water partition coefficient (Wildman–Crippen LogP) is 1.34. The van der Waals surface area contributed by atoms with Crippen LogP contribution in [-0.2, 0) is 9.47 Å². The standard InChI is InChI=1S/C11H20O3/c12-6-7-13-8-9-14-11(4-1-5-11)10-2-3-10/h10,12H,1-9H2. The minimum Gasteiger partial charge on any atom is -0.394 e. The van der Waals surface area contributed by atoms with Gasteiger partial charge in [-0.25, -0.2) is 0 Å². The van der Waals surface area contributed by atoms with Gasteiger partial charge in [0.25, 0.3) is 0 Å². The van der Waals surface area contributed by atoms with E-state index < -0.39 is 0 Å². The molecule has 0 saturated heterocycles. The van der Waals surface area contributed by atoms with Crippen LogP contribution in [0.4, 0.5) is 0 Å². The van der Waals surface area contributed by atoms with Crippen LogP contribution in [0, 0.1) is 5.92 Å². The zero-order valence-electron chi connectivity index (χ0n) is 8.71. The zero-order valence-corrected chi connectivity index (χ0v) is 8.71. The van der Waals surface area contributed by atoms with Crippen molar-refractivity contribution < 1.29 is 14.6 Å². The highest BCUT2D eigenvalue weighted by atomic mass is 16.5. The van der Waals surface area contributed by atoms with Crippen molar-refractivity contribution in [2.24, 2.45) is 5.92 Å². The third-order valence-electron chi connectivity index (χ3n) is 3.37. The van der Waals surface area contributed by atoms with Crippen LogP contribution >= 0.6 is 0 Å². The maximum atomic E-state index is 8.52. The minimum atomic E-state index is 0.105. The smallest absolute Gasteiger partial charge is 0.0711 e. The van der Waals surface area contributed by atoms with E-state index in [2.05, 4.69) is 0 Å². The van der Waals surface area contributed by atoms with Crippen molar-refractivity contribution in [2.75, 3.05) is 26.4 Å². The molecule has 2 aliphatic carbocycles. The normalized spacial score (nSPS) is 24.6. The van der Waals surface area contributed by atoms with E-state index in [0.29, 0.717) is 19.8 Å². The molecule has 0 atom stereocenters. The third kappa shape index (κ3) is 2.27. The molecule has 14 heavy (non-hydrogen) atoms. The van der Waals surface area contributed by atoms with Crippen LogP contribution < -0.4 is 0 Å². The molecular formula is C11H20O3. The summed E-state index contributed by atoms with van der Waals surface area (Å²) in [6, 6.07) is 0. The van der Waals surface area contributed by atoms with Gasteiger partial charge in [0.1, 0.15) is 0 Å². The van der Waals surface area contributed by atoms with Crippen molar-refractivity contribution in [3.8, 4) is 0 Å². The summed E-state index contributed by atoms with van der Waals surface area (Å²) in [6.07, 6.45) is 6.54. The van der Waals surface area contributed by atoms with Crippen LogP contribution in [0.3, 0.4) is 0 Å². The van der Waals surface area contributed by atoms with Gasteiger partial charge in [0.05, 0.1) is 32.0 Å². The Bertz CT molecular complexity index is 173. The van der Waals surface area contributed by atoms with Crippen LogP contribution in [-0.4, -0.2) is 37.1 Å². The Kier molecular flexibility index (Phi) is 3.42. The van der Waals surface area contributed by atoms with E-state index in [4.69, 9.17) is 14.6 Å². The van der Waals surface area contributed by atoms with Crippen molar-refractivity contribution in [2.45, 2.75) is 37.7 Å². The molecule has 0 aliphatic heterocycles. The lowest BCUT2D eigenvalue weighted by Gasteiger charge is -2.42. The molecule has 2 rings (SSSR count). The lowest BCUT2D eigenvalue weighted by molar-refractivity contribution is -0.128. The van der Waals surface area contributed by atoms with E-state index in [1.54, 1.807) is 0 Å². The fraction of sp³-hybridized carbons (Fsp3) is 1.00. The van der Waals surface area contributed by atoms with Crippen molar-refractivity contribution >= 4 is 0 Å². The molecule has 2 fully saturated rings. The van der Waals surface area contributed by atoms with E-state index in [0.717, 1.165) is 5.92 Å². The molecule has 0 bridgehead atoms. The second kappa shape index (κ2) is 4.60. The fourth-order valence-corrected chi connectivity index (χ4v) is 2.28. The second-order valence-corrected chi connectivity index (χ2v) is 4.38. The Balaban J connectivity index is 1.59. The highest BCUT2D eigenvalue weighted by Crippen LogP contribution is 2.52. The first-order valence-corrected chi connectivity index (χ1v) is 5.70. The van der Waals surface area contributed by atoms with Gasteiger partial charge in [-0.2, -0.15) is 0 Å². The Morgan fingerprint density at radius 3 is 2.43 bits per heavy atom. The Labute approximate surface area is 85.4 Å². The number of hydrogen-bond donors (Lipinski definition) is 1. The van der Waals surface area contributed by atoms with Crippen LogP contribution in [0.2, 0.25) is 0 Å². The van der Waals surface area contributed by atoms with Crippen molar-refractivity contribution in [3.63, 3.8) is 0 Å². The summed E-state index contributed by atoms with van der Waals surface area (Å²) >= 11 is 0. The highest BCUT2D eigenvalue weighted by Gasteiger charge is 2.50. The molecule has 2 saturated carbocycles. The molecule has 3 nitrogen and oxygen atoms in total. The molecule has 2 aliphatic rings. The van der Waals surface area contributed by atoms with Crippen LogP contribution in [0.25, 0.3) is 0 Å². The Morgan fingerprint density at radius 2 is 1.93 bits per heavy atom. The first-order valence-electron chi connectivity index (χ1n) is 5.70. The minimum absolute atomic E-state index is 0.105. The maximum Gasteiger partial charge on any atom is 0.0711 e. The molecule has 0 aromatic heterocycles. The second-order valence-electron chi connectivity index (χ2n) is 4.38. The largest absolute Gasteiger partial charge is 0.394 e. The molecule has 82 valence electrons. The molecule has 3 heteroatoms. The van der Waals surface area contributed by atoms with Gasteiger partial charge < -0.3 is 14.6 Å². The topological polar surface area (TPSA) is 38.7 Å². The van der Waals surface area contributed by atoms with Gasteiger partial charge in [0.15, 0.2) is 0 Å².